The first kappa shape index (κ1) is 14.9. The molecule has 1 aromatic rings. The standard InChI is InChI=1S/C13H19N3O.ClH/c1-10(11-5-4-7-14-9-11)16-13(17)12-6-2-3-8-15-12;/h4-5,7,9-10,12,15H,2-3,6,8H2,1H3,(H,16,17);1H/t10?,12-;/m1./s1. The van der Waals surface area contributed by atoms with E-state index in [2.05, 4.69) is 15.6 Å². The number of carbonyl (C=O) groups is 1. The number of hydrogen-bond acceptors (Lipinski definition) is 3. The average Bonchev–Trinajstić information content (AvgIpc) is 2.40. The Hall–Kier alpha value is -1.13. The fourth-order valence-corrected chi connectivity index (χ4v) is 2.11. The van der Waals surface area contributed by atoms with Crippen molar-refractivity contribution in [3.63, 3.8) is 0 Å². The number of hydrogen-bond donors (Lipinski definition) is 2. The lowest BCUT2D eigenvalue weighted by Crippen LogP contribution is -2.47. The van der Waals surface area contributed by atoms with E-state index in [0.717, 1.165) is 24.9 Å². The molecule has 2 atom stereocenters. The third-order valence-corrected chi connectivity index (χ3v) is 3.17. The topological polar surface area (TPSA) is 54.0 Å². The van der Waals surface area contributed by atoms with Gasteiger partial charge in [-0.15, -0.1) is 12.4 Å². The normalized spacial score (nSPS) is 20.6. The lowest BCUT2D eigenvalue weighted by Gasteiger charge is -2.24. The predicted molar refractivity (Wildman–Crippen MR) is 73.7 cm³/mol. The minimum atomic E-state index is -0.0251. The number of nitrogens with zero attached hydrogens (tertiary/aromatic N) is 1. The molecule has 1 aromatic heterocycles. The summed E-state index contributed by atoms with van der Waals surface area (Å²) in [6, 6.07) is 3.85. The molecule has 2 rings (SSSR count). The quantitative estimate of drug-likeness (QED) is 0.880. The zero-order valence-corrected chi connectivity index (χ0v) is 11.4. The Bertz CT molecular complexity index is 366. The third-order valence-electron chi connectivity index (χ3n) is 3.17. The third kappa shape index (κ3) is 3.96. The van der Waals surface area contributed by atoms with Crippen LogP contribution in [0.1, 0.15) is 37.8 Å². The van der Waals surface area contributed by atoms with Crippen molar-refractivity contribution in [2.24, 2.45) is 0 Å². The fourth-order valence-electron chi connectivity index (χ4n) is 2.11. The van der Waals surface area contributed by atoms with Crippen LogP contribution in [0, 0.1) is 0 Å². The molecule has 1 fully saturated rings. The molecule has 0 spiro atoms. The van der Waals surface area contributed by atoms with Crippen LogP contribution in [0.15, 0.2) is 24.5 Å². The van der Waals surface area contributed by atoms with Crippen LogP contribution < -0.4 is 10.6 Å². The molecule has 18 heavy (non-hydrogen) atoms. The highest BCUT2D eigenvalue weighted by molar-refractivity contribution is 5.85. The summed E-state index contributed by atoms with van der Waals surface area (Å²) < 4.78 is 0. The number of amides is 1. The molecule has 2 N–H and O–H groups in total. The first-order valence-electron chi connectivity index (χ1n) is 6.21. The van der Waals surface area contributed by atoms with Gasteiger partial charge in [0.25, 0.3) is 0 Å². The number of piperidine rings is 1. The number of halogens is 1. The summed E-state index contributed by atoms with van der Waals surface area (Å²) in [5.74, 6) is 0.0982. The van der Waals surface area contributed by atoms with Crippen molar-refractivity contribution in [1.29, 1.82) is 0 Å². The molecule has 0 bridgehead atoms. The zero-order chi connectivity index (χ0) is 12.1. The van der Waals surface area contributed by atoms with Gasteiger partial charge in [0, 0.05) is 12.4 Å². The number of pyridine rings is 1. The highest BCUT2D eigenvalue weighted by Gasteiger charge is 2.21. The Morgan fingerprint density at radius 1 is 1.56 bits per heavy atom. The van der Waals surface area contributed by atoms with Crippen molar-refractivity contribution in [3.05, 3.63) is 30.1 Å². The van der Waals surface area contributed by atoms with Gasteiger partial charge in [-0.25, -0.2) is 0 Å². The minimum Gasteiger partial charge on any atom is -0.348 e. The summed E-state index contributed by atoms with van der Waals surface area (Å²) >= 11 is 0. The van der Waals surface area contributed by atoms with E-state index in [-0.39, 0.29) is 30.4 Å². The van der Waals surface area contributed by atoms with Crippen LogP contribution >= 0.6 is 12.4 Å². The molecule has 0 aromatic carbocycles. The van der Waals surface area contributed by atoms with E-state index in [1.165, 1.54) is 6.42 Å². The number of nitrogens with one attached hydrogen (secondary N) is 2. The van der Waals surface area contributed by atoms with Crippen LogP contribution in [0.25, 0.3) is 0 Å². The molecule has 2 heterocycles. The molecule has 1 unspecified atom stereocenters. The Labute approximate surface area is 114 Å². The molecular formula is C13H20ClN3O. The van der Waals surface area contributed by atoms with Crippen LogP contribution in [-0.2, 0) is 4.79 Å². The van der Waals surface area contributed by atoms with Gasteiger partial charge in [-0.3, -0.25) is 9.78 Å². The van der Waals surface area contributed by atoms with Crippen molar-refractivity contribution < 1.29 is 4.79 Å². The van der Waals surface area contributed by atoms with Gasteiger partial charge in [0.1, 0.15) is 0 Å². The number of aromatic nitrogens is 1. The Morgan fingerprint density at radius 2 is 2.39 bits per heavy atom. The molecule has 1 amide bonds. The van der Waals surface area contributed by atoms with Gasteiger partial charge in [-0.1, -0.05) is 12.5 Å². The van der Waals surface area contributed by atoms with Crippen LogP contribution in [-0.4, -0.2) is 23.5 Å². The van der Waals surface area contributed by atoms with Gasteiger partial charge in [0.05, 0.1) is 12.1 Å². The lowest BCUT2D eigenvalue weighted by atomic mass is 10.0. The van der Waals surface area contributed by atoms with Crippen molar-refractivity contribution in [3.8, 4) is 0 Å². The van der Waals surface area contributed by atoms with Gasteiger partial charge in [-0.2, -0.15) is 0 Å². The van der Waals surface area contributed by atoms with Gasteiger partial charge in [0.2, 0.25) is 5.91 Å². The van der Waals surface area contributed by atoms with Gasteiger partial charge in [0.15, 0.2) is 0 Å². The molecule has 4 nitrogen and oxygen atoms in total. The van der Waals surface area contributed by atoms with E-state index in [1.54, 1.807) is 12.4 Å². The maximum Gasteiger partial charge on any atom is 0.237 e. The Balaban J connectivity index is 0.00000162. The molecule has 0 saturated carbocycles. The second-order valence-corrected chi connectivity index (χ2v) is 4.52. The molecule has 0 radical (unpaired) electrons. The summed E-state index contributed by atoms with van der Waals surface area (Å²) in [5.41, 5.74) is 1.04. The first-order chi connectivity index (χ1) is 8.27. The molecule has 1 saturated heterocycles. The summed E-state index contributed by atoms with van der Waals surface area (Å²) in [6.07, 6.45) is 6.76. The van der Waals surface area contributed by atoms with E-state index >= 15 is 0 Å². The molecule has 100 valence electrons. The second kappa shape index (κ2) is 7.34. The highest BCUT2D eigenvalue weighted by atomic mass is 35.5. The van der Waals surface area contributed by atoms with Crippen LogP contribution in [0.5, 0.6) is 0 Å². The maximum atomic E-state index is 12.0. The van der Waals surface area contributed by atoms with E-state index in [9.17, 15) is 4.79 Å². The molecule has 5 heteroatoms. The monoisotopic (exact) mass is 269 g/mol. The largest absolute Gasteiger partial charge is 0.348 e. The average molecular weight is 270 g/mol. The Kier molecular flexibility index (Phi) is 6.09. The summed E-state index contributed by atoms with van der Waals surface area (Å²) in [7, 11) is 0. The van der Waals surface area contributed by atoms with Crippen molar-refractivity contribution in [1.82, 2.24) is 15.6 Å². The summed E-state index contributed by atoms with van der Waals surface area (Å²) in [5, 5.41) is 6.27. The van der Waals surface area contributed by atoms with E-state index in [1.807, 2.05) is 19.1 Å². The zero-order valence-electron chi connectivity index (χ0n) is 10.6. The van der Waals surface area contributed by atoms with Gasteiger partial charge < -0.3 is 10.6 Å². The van der Waals surface area contributed by atoms with Crippen molar-refractivity contribution in [2.75, 3.05) is 6.54 Å². The highest BCUT2D eigenvalue weighted by Crippen LogP contribution is 2.12. The number of carbonyl (C=O) groups excluding carboxylic acids is 1. The number of rotatable bonds is 3. The van der Waals surface area contributed by atoms with Crippen molar-refractivity contribution in [2.45, 2.75) is 38.3 Å². The van der Waals surface area contributed by atoms with Gasteiger partial charge >= 0.3 is 0 Å². The molecular weight excluding hydrogens is 250 g/mol. The van der Waals surface area contributed by atoms with Crippen LogP contribution in [0.3, 0.4) is 0 Å². The SMILES string of the molecule is CC(NC(=O)[C@H]1CCCCN1)c1cccnc1.Cl. The smallest absolute Gasteiger partial charge is 0.237 e. The van der Waals surface area contributed by atoms with Crippen LogP contribution in [0.2, 0.25) is 0 Å². The van der Waals surface area contributed by atoms with Crippen molar-refractivity contribution >= 4 is 18.3 Å². The first-order valence-corrected chi connectivity index (χ1v) is 6.21. The van der Waals surface area contributed by atoms with Gasteiger partial charge in [-0.05, 0) is 37.9 Å². The maximum absolute atomic E-state index is 12.0. The minimum absolute atomic E-state index is 0. The Morgan fingerprint density at radius 3 is 3.00 bits per heavy atom. The second-order valence-electron chi connectivity index (χ2n) is 4.52. The lowest BCUT2D eigenvalue weighted by molar-refractivity contribution is -0.124. The molecule has 0 aliphatic carbocycles. The fraction of sp³-hybridized carbons (Fsp3) is 0.538. The molecule has 1 aliphatic rings. The van der Waals surface area contributed by atoms with E-state index in [4.69, 9.17) is 0 Å². The van der Waals surface area contributed by atoms with E-state index in [0.29, 0.717) is 0 Å². The van der Waals surface area contributed by atoms with Crippen LogP contribution in [0.4, 0.5) is 0 Å². The summed E-state index contributed by atoms with van der Waals surface area (Å²) in [4.78, 5) is 16.0. The summed E-state index contributed by atoms with van der Waals surface area (Å²) in [6.45, 7) is 2.93. The molecule has 1 aliphatic heterocycles. The predicted octanol–water partition coefficient (Wildman–Crippen LogP) is 1.82. The van der Waals surface area contributed by atoms with E-state index < -0.39 is 0 Å².